The first-order chi connectivity index (χ1) is 30.4. The van der Waals surface area contributed by atoms with Gasteiger partial charge in [-0.05, 0) is 106 Å². The van der Waals surface area contributed by atoms with Crippen molar-refractivity contribution in [2.75, 3.05) is 0 Å². The average Bonchev–Trinajstić information content (AvgIpc) is 3.50. The van der Waals surface area contributed by atoms with Crippen LogP contribution in [0.4, 0.5) is 0 Å². The van der Waals surface area contributed by atoms with Gasteiger partial charge in [-0.25, -0.2) is 0 Å². The van der Waals surface area contributed by atoms with Gasteiger partial charge in [0.25, 0.3) is 0 Å². The van der Waals surface area contributed by atoms with E-state index < -0.39 is 0 Å². The molecule has 4 aliphatic carbocycles. The zero-order valence-electron chi connectivity index (χ0n) is 37.1. The fraction of sp³-hybridized carbons (Fsp3) is 0.190. The topological polar surface area (TPSA) is 40.1 Å². The average molecular weight is 815 g/mol. The minimum absolute atomic E-state index is 0.0147. The summed E-state index contributed by atoms with van der Waals surface area (Å²) in [7, 11) is 0. The van der Waals surface area contributed by atoms with Gasteiger partial charge in [0.2, 0.25) is 0 Å². The second kappa shape index (κ2) is 19.6. The molecule has 4 heteroatoms. The normalized spacial score (nSPS) is 18.4. The van der Waals surface area contributed by atoms with Crippen LogP contribution in [0.3, 0.4) is 0 Å². The Bertz CT molecular complexity index is 3010. The van der Waals surface area contributed by atoms with Crippen LogP contribution in [0.25, 0.3) is 58.6 Å². The Morgan fingerprint density at radius 3 is 2.42 bits per heavy atom. The lowest BCUT2D eigenvalue weighted by Crippen LogP contribution is -2.43. The van der Waals surface area contributed by atoms with Crippen molar-refractivity contribution < 1.29 is 4.42 Å². The van der Waals surface area contributed by atoms with E-state index in [1.54, 1.807) is 6.08 Å². The zero-order valence-corrected chi connectivity index (χ0v) is 37.1. The highest BCUT2D eigenvalue weighted by Gasteiger charge is 2.22. The third-order valence-corrected chi connectivity index (χ3v) is 11.8. The third-order valence-electron chi connectivity index (χ3n) is 11.8. The van der Waals surface area contributed by atoms with Crippen LogP contribution >= 0.6 is 0 Å². The van der Waals surface area contributed by atoms with Gasteiger partial charge in [-0.3, -0.25) is 4.79 Å². The molecule has 0 saturated heterocycles. The van der Waals surface area contributed by atoms with E-state index in [0.717, 1.165) is 58.5 Å². The first kappa shape index (κ1) is 43.2. The maximum absolute atomic E-state index is 14.7. The van der Waals surface area contributed by atoms with E-state index in [4.69, 9.17) is 4.42 Å². The Kier molecular flexibility index (Phi) is 13.7. The van der Waals surface area contributed by atoms with Crippen molar-refractivity contribution in [2.45, 2.75) is 73.3 Å². The van der Waals surface area contributed by atoms with Crippen molar-refractivity contribution in [1.29, 1.82) is 0 Å². The van der Waals surface area contributed by atoms with Crippen LogP contribution in [0.2, 0.25) is 0 Å². The molecule has 1 atom stereocenters. The monoisotopic (exact) mass is 814 g/mol. The molecule has 0 bridgehead atoms. The molecule has 0 N–H and O–H groups in total. The van der Waals surface area contributed by atoms with E-state index >= 15 is 0 Å². The molecule has 1 aromatic carbocycles. The smallest absolute Gasteiger partial charge is 0.197 e. The van der Waals surface area contributed by atoms with Gasteiger partial charge in [0.15, 0.2) is 5.43 Å². The number of para-hydroxylation sites is 1. The summed E-state index contributed by atoms with van der Waals surface area (Å²) in [5, 5.41) is 1.76. The molecule has 3 aromatic heterocycles. The number of rotatable bonds is 8. The highest BCUT2D eigenvalue weighted by molar-refractivity contribution is 5.91. The summed E-state index contributed by atoms with van der Waals surface area (Å²) >= 11 is 0. The molecular weight excluding hydrogens is 757 g/mol. The van der Waals surface area contributed by atoms with Crippen molar-refractivity contribution >= 4 is 58.6 Å². The van der Waals surface area contributed by atoms with Crippen LogP contribution in [0.15, 0.2) is 167 Å². The largest absolute Gasteiger partial charge is 0.456 e. The third kappa shape index (κ3) is 8.13. The van der Waals surface area contributed by atoms with Gasteiger partial charge in [0, 0.05) is 56.7 Å². The highest BCUT2D eigenvalue weighted by Crippen LogP contribution is 2.35. The number of fused-ring (bicyclic) bond motifs is 3. The Morgan fingerprint density at radius 2 is 1.65 bits per heavy atom. The van der Waals surface area contributed by atoms with Crippen LogP contribution in [-0.2, 0) is 12.8 Å². The van der Waals surface area contributed by atoms with Gasteiger partial charge < -0.3 is 13.6 Å². The van der Waals surface area contributed by atoms with E-state index in [1.165, 1.54) is 33.4 Å². The predicted molar refractivity (Wildman–Crippen MR) is 269 cm³/mol. The van der Waals surface area contributed by atoms with Gasteiger partial charge in [-0.2, -0.15) is 0 Å². The molecule has 0 amide bonds. The van der Waals surface area contributed by atoms with Crippen LogP contribution in [0.1, 0.15) is 98.6 Å². The molecule has 0 saturated carbocycles. The molecule has 312 valence electrons. The maximum Gasteiger partial charge on any atom is 0.197 e. The Labute approximate surface area is 367 Å². The summed E-state index contributed by atoms with van der Waals surface area (Å²) in [6.45, 7) is 20.6. The molecule has 0 spiro atoms. The molecule has 8 rings (SSSR count). The summed E-state index contributed by atoms with van der Waals surface area (Å²) in [5.41, 5.74) is 14.4. The van der Waals surface area contributed by atoms with Crippen molar-refractivity contribution in [2.24, 2.45) is 0 Å². The van der Waals surface area contributed by atoms with Crippen molar-refractivity contribution in [1.82, 2.24) is 9.13 Å². The van der Waals surface area contributed by atoms with Crippen LogP contribution < -0.4 is 16.1 Å². The molecule has 4 aromatic rings. The Morgan fingerprint density at radius 1 is 0.839 bits per heavy atom. The predicted octanol–water partition coefficient (Wildman–Crippen LogP) is 13.3. The number of hydrogen-bond acceptors (Lipinski definition) is 2. The summed E-state index contributed by atoms with van der Waals surface area (Å²) in [5.74, 6) is 0.590. The van der Waals surface area contributed by atoms with Crippen LogP contribution in [0.5, 0.6) is 0 Å². The molecule has 62 heavy (non-hydrogen) atoms. The minimum atomic E-state index is -0.0395. The van der Waals surface area contributed by atoms with E-state index in [1.807, 2.05) is 39.0 Å². The molecule has 3 heterocycles. The second-order valence-electron chi connectivity index (χ2n) is 15.3. The van der Waals surface area contributed by atoms with Crippen LogP contribution in [0, 0.1) is 6.92 Å². The number of benzene rings is 1. The summed E-state index contributed by atoms with van der Waals surface area (Å²) < 4.78 is 11.4. The maximum atomic E-state index is 14.7. The Hall–Kier alpha value is -6.91. The van der Waals surface area contributed by atoms with Crippen molar-refractivity contribution in [3.63, 3.8) is 0 Å². The van der Waals surface area contributed by atoms with E-state index in [9.17, 15) is 4.79 Å². The van der Waals surface area contributed by atoms with E-state index in [0.29, 0.717) is 28.4 Å². The molecule has 4 nitrogen and oxygen atoms in total. The second-order valence-corrected chi connectivity index (χ2v) is 15.3. The fourth-order valence-electron chi connectivity index (χ4n) is 8.99. The molecule has 1 unspecified atom stereocenters. The highest BCUT2D eigenvalue weighted by atomic mass is 16.3. The summed E-state index contributed by atoms with van der Waals surface area (Å²) in [6, 6.07) is 8.54. The van der Waals surface area contributed by atoms with E-state index in [2.05, 4.69) is 183 Å². The van der Waals surface area contributed by atoms with Gasteiger partial charge in [0.05, 0.1) is 17.0 Å². The van der Waals surface area contributed by atoms with Gasteiger partial charge >= 0.3 is 0 Å². The first-order valence-electron chi connectivity index (χ1n) is 22.0. The molecular formula is C58H58N2O2. The zero-order chi connectivity index (χ0) is 43.8. The summed E-state index contributed by atoms with van der Waals surface area (Å²) in [6.07, 6.45) is 51.8. The van der Waals surface area contributed by atoms with E-state index in [-0.39, 0.29) is 11.5 Å². The number of nitrogens with zero attached hydrogens (tertiary/aromatic N) is 2. The summed E-state index contributed by atoms with van der Waals surface area (Å²) in [4.78, 5) is 14.7. The molecule has 0 aliphatic heterocycles. The van der Waals surface area contributed by atoms with Crippen LogP contribution in [-0.4, -0.2) is 9.13 Å². The number of aromatic nitrogens is 2. The molecule has 0 radical (unpaired) electrons. The van der Waals surface area contributed by atoms with Crippen molar-refractivity contribution in [3.05, 3.63) is 223 Å². The lowest BCUT2D eigenvalue weighted by molar-refractivity contribution is 0.491. The minimum Gasteiger partial charge on any atom is -0.456 e. The fourth-order valence-corrected chi connectivity index (χ4v) is 8.99. The van der Waals surface area contributed by atoms with Gasteiger partial charge in [0.1, 0.15) is 11.2 Å². The Balaban J connectivity index is 0.00000285. The SMILES string of the molecule is C=C/C(C1=CC=CC(n2c(C)c(/C=C\C)c3ccccc32)C=C1)=c1/c(=O)c2c(o/c1=C/C)C=C(C1=CC=C(n3c(/C=C\C)c(C=C)c4c3C/C=C\CC=C4)C=CC1)C=CC2.CC. The lowest BCUT2D eigenvalue weighted by Gasteiger charge is -2.15. The lowest BCUT2D eigenvalue weighted by atomic mass is 9.99. The number of allylic oxidation sites excluding steroid dienone is 21. The van der Waals surface area contributed by atoms with Crippen molar-refractivity contribution in [3.8, 4) is 0 Å². The molecule has 0 fully saturated rings. The number of hydrogen-bond donors (Lipinski definition) is 0. The molecule has 4 aliphatic rings. The first-order valence-corrected chi connectivity index (χ1v) is 22.0. The quantitative estimate of drug-likeness (QED) is 0.166. The standard InChI is InChI=1S/C56H52N2O2.C2H6/c1-7-21-46-38(6)57(51-32-17-16-29-48(46)51)42-26-19-24-40(34-36-42)44(9-3)55-53(11-5)60-54-37-41(25-20-30-49(54)56(55)59)39-23-18-27-43(35-33-39)58-50(22-8-2)45(10-4)47-28-14-12-13-15-31-52(47)58;1-2/h7-11,13-22,24-29,32-37,42H,3-4,12,23,30-31H2,1-2,5-6H3;1-2H3/b15-13-,21-7-,22-8-,28-14?,53-11+,55-44-;. The van der Waals surface area contributed by atoms with Gasteiger partial charge in [-0.1, -0.05) is 155 Å². The van der Waals surface area contributed by atoms with Gasteiger partial charge in [-0.15, -0.1) is 0 Å².